The average molecular weight is 437 g/mol. The van der Waals surface area contributed by atoms with Gasteiger partial charge in [0.25, 0.3) is 0 Å². The van der Waals surface area contributed by atoms with Crippen LogP contribution in [0.2, 0.25) is 0 Å². The molecule has 5 aliphatic rings. The molecule has 0 bridgehead atoms. The first-order valence-electron chi connectivity index (χ1n) is 11.5. The van der Waals surface area contributed by atoms with Crippen LogP contribution in [0.15, 0.2) is 11.6 Å². The van der Waals surface area contributed by atoms with E-state index < -0.39 is 58.4 Å². The average Bonchev–Trinajstić information content (AvgIpc) is 3.09. The number of carbonyl (C=O) groups is 2. The molecule has 4 aliphatic carbocycles. The number of allylic oxidation sites excluding steroid dienone is 1. The van der Waals surface area contributed by atoms with Crippen molar-refractivity contribution >= 4 is 11.6 Å². The van der Waals surface area contributed by atoms with Gasteiger partial charge in [-0.05, 0) is 57.9 Å². The van der Waals surface area contributed by atoms with Crippen molar-refractivity contribution < 1.29 is 33.7 Å². The van der Waals surface area contributed by atoms with Gasteiger partial charge >= 0.3 is 0 Å². The van der Waals surface area contributed by atoms with Gasteiger partial charge in [-0.2, -0.15) is 0 Å². The summed E-state index contributed by atoms with van der Waals surface area (Å²) in [5.74, 6) is -2.17. The number of ether oxygens (including phenoxy) is 2. The van der Waals surface area contributed by atoms with Crippen LogP contribution in [-0.2, 0) is 19.1 Å². The Morgan fingerprint density at radius 3 is 2.61 bits per heavy atom. The molecule has 5 rings (SSSR count). The zero-order valence-electron chi connectivity index (χ0n) is 18.7. The molecule has 1 saturated heterocycles. The van der Waals surface area contributed by atoms with Crippen molar-refractivity contribution in [1.82, 2.24) is 0 Å². The first-order valence-corrected chi connectivity index (χ1v) is 11.5. The van der Waals surface area contributed by atoms with E-state index in [4.69, 9.17) is 9.47 Å². The molecule has 3 saturated carbocycles. The van der Waals surface area contributed by atoms with Gasteiger partial charge in [-0.1, -0.05) is 19.4 Å². The molecule has 8 atom stereocenters. The Balaban J connectivity index is 1.63. The fraction of sp³-hybridized carbons (Fsp3) is 0.833. The number of alkyl halides is 1. The lowest BCUT2D eigenvalue weighted by Gasteiger charge is -2.63. The molecule has 1 heterocycles. The summed E-state index contributed by atoms with van der Waals surface area (Å²) in [4.78, 5) is 25.2. The molecule has 0 aromatic carbocycles. The zero-order chi connectivity index (χ0) is 22.6. The number of halogens is 1. The Morgan fingerprint density at radius 2 is 1.94 bits per heavy atom. The molecule has 6 nitrogen and oxygen atoms in total. The summed E-state index contributed by atoms with van der Waals surface area (Å²) in [6, 6.07) is 0. The van der Waals surface area contributed by atoms with E-state index in [0.29, 0.717) is 25.7 Å². The van der Waals surface area contributed by atoms with Crippen molar-refractivity contribution in [2.45, 2.75) is 95.5 Å². The highest BCUT2D eigenvalue weighted by molar-refractivity contribution is 5.92. The molecule has 2 N–H and O–H groups in total. The highest BCUT2D eigenvalue weighted by Gasteiger charge is 2.80. The number of Topliss-reactive ketones (excluding diaryl/α,β-unsaturated/α-hetero) is 1. The number of ketones is 2. The normalized spacial score (nSPS) is 52.6. The lowest BCUT2D eigenvalue weighted by atomic mass is 9.44. The van der Waals surface area contributed by atoms with Crippen LogP contribution in [0.3, 0.4) is 0 Å². The lowest BCUT2D eigenvalue weighted by molar-refractivity contribution is -0.251. The zero-order valence-corrected chi connectivity index (χ0v) is 18.7. The number of hydrogen-bond acceptors (Lipinski definition) is 6. The highest BCUT2D eigenvalue weighted by Crippen LogP contribution is 2.72. The maximum absolute atomic E-state index is 17.2. The minimum atomic E-state index is -1.89. The van der Waals surface area contributed by atoms with E-state index >= 15 is 4.39 Å². The second-order valence-corrected chi connectivity index (χ2v) is 11.3. The summed E-state index contributed by atoms with van der Waals surface area (Å²) in [6.45, 7) is 6.55. The van der Waals surface area contributed by atoms with E-state index in [2.05, 4.69) is 0 Å². The summed E-state index contributed by atoms with van der Waals surface area (Å²) in [7, 11) is 0. The summed E-state index contributed by atoms with van der Waals surface area (Å²) in [6.07, 6.45) is 1.96. The minimum Gasteiger partial charge on any atom is -0.390 e. The van der Waals surface area contributed by atoms with Crippen LogP contribution in [0, 0.1) is 22.7 Å². The van der Waals surface area contributed by atoms with Gasteiger partial charge in [-0.25, -0.2) is 4.39 Å². The Morgan fingerprint density at radius 1 is 1.23 bits per heavy atom. The van der Waals surface area contributed by atoms with Crippen molar-refractivity contribution in [1.29, 1.82) is 0 Å². The van der Waals surface area contributed by atoms with E-state index in [-0.39, 0.29) is 24.5 Å². The highest BCUT2D eigenvalue weighted by atomic mass is 19.1. The van der Waals surface area contributed by atoms with Crippen LogP contribution >= 0.6 is 0 Å². The third kappa shape index (κ3) is 2.36. The molecule has 172 valence electrons. The third-order valence-corrected chi connectivity index (χ3v) is 9.59. The van der Waals surface area contributed by atoms with Gasteiger partial charge in [0.05, 0.1) is 12.2 Å². The molecule has 0 unspecified atom stereocenters. The number of aliphatic hydroxyl groups excluding tert-OH is 2. The van der Waals surface area contributed by atoms with Crippen molar-refractivity contribution in [3.05, 3.63) is 11.6 Å². The Labute approximate surface area is 182 Å². The Bertz CT molecular complexity index is 883. The molecular formula is C24H33FO6. The summed E-state index contributed by atoms with van der Waals surface area (Å²) >= 11 is 0. The first kappa shape index (κ1) is 21.7. The van der Waals surface area contributed by atoms with E-state index in [9.17, 15) is 19.8 Å². The van der Waals surface area contributed by atoms with Crippen molar-refractivity contribution in [2.24, 2.45) is 22.7 Å². The van der Waals surface area contributed by atoms with Crippen molar-refractivity contribution in [2.75, 3.05) is 6.61 Å². The third-order valence-electron chi connectivity index (χ3n) is 9.59. The van der Waals surface area contributed by atoms with Crippen LogP contribution in [0.1, 0.15) is 66.2 Å². The molecule has 0 spiro atoms. The minimum absolute atomic E-state index is 0.0246. The van der Waals surface area contributed by atoms with Gasteiger partial charge in [0.2, 0.25) is 0 Å². The van der Waals surface area contributed by atoms with E-state index in [1.54, 1.807) is 19.9 Å². The van der Waals surface area contributed by atoms with Gasteiger partial charge in [0.1, 0.15) is 12.3 Å². The number of rotatable bonds is 2. The number of hydrogen-bond donors (Lipinski definition) is 2. The van der Waals surface area contributed by atoms with Crippen molar-refractivity contribution in [3.63, 3.8) is 0 Å². The van der Waals surface area contributed by atoms with Gasteiger partial charge in [0, 0.05) is 23.2 Å². The predicted molar refractivity (Wildman–Crippen MR) is 109 cm³/mol. The quantitative estimate of drug-likeness (QED) is 0.691. The molecule has 0 amide bonds. The topological polar surface area (TPSA) is 93.1 Å². The van der Waals surface area contributed by atoms with Crippen LogP contribution < -0.4 is 0 Å². The second kappa shape index (κ2) is 6.25. The lowest BCUT2D eigenvalue weighted by Crippen LogP contribution is -2.70. The molecule has 0 radical (unpaired) electrons. The Hall–Kier alpha value is -1.15. The number of fused-ring (bicyclic) bond motifs is 7. The molecule has 31 heavy (non-hydrogen) atoms. The van der Waals surface area contributed by atoms with Crippen LogP contribution in [-0.4, -0.2) is 57.7 Å². The molecule has 7 heteroatoms. The summed E-state index contributed by atoms with van der Waals surface area (Å²) < 4.78 is 29.6. The van der Waals surface area contributed by atoms with E-state index in [1.165, 1.54) is 0 Å². The van der Waals surface area contributed by atoms with E-state index in [0.717, 1.165) is 5.57 Å². The first-order chi connectivity index (χ1) is 14.4. The van der Waals surface area contributed by atoms with E-state index in [1.807, 2.05) is 13.8 Å². The molecule has 1 aliphatic heterocycles. The summed E-state index contributed by atoms with van der Waals surface area (Å²) in [5, 5.41) is 21.2. The number of carbonyl (C=O) groups excluding carboxylic acids is 2. The molecular weight excluding hydrogens is 403 g/mol. The van der Waals surface area contributed by atoms with Crippen LogP contribution in [0.25, 0.3) is 0 Å². The fourth-order valence-corrected chi connectivity index (χ4v) is 8.29. The Kier molecular flexibility index (Phi) is 4.37. The van der Waals surface area contributed by atoms with Gasteiger partial charge in [-0.3, -0.25) is 9.59 Å². The second-order valence-electron chi connectivity index (χ2n) is 11.3. The summed E-state index contributed by atoms with van der Waals surface area (Å²) in [5.41, 5.74) is -4.26. The monoisotopic (exact) mass is 436 g/mol. The maximum atomic E-state index is 17.2. The number of aliphatic hydroxyl groups is 2. The fourth-order valence-electron chi connectivity index (χ4n) is 8.29. The van der Waals surface area contributed by atoms with Crippen LogP contribution in [0.4, 0.5) is 4.39 Å². The largest absolute Gasteiger partial charge is 0.390 e. The molecule has 4 fully saturated rings. The smallest absolute Gasteiger partial charge is 0.193 e. The van der Waals surface area contributed by atoms with Crippen LogP contribution in [0.5, 0.6) is 0 Å². The van der Waals surface area contributed by atoms with Crippen molar-refractivity contribution in [3.8, 4) is 0 Å². The maximum Gasteiger partial charge on any atom is 0.193 e. The van der Waals surface area contributed by atoms with Gasteiger partial charge in [0.15, 0.2) is 23.0 Å². The molecule has 0 aromatic rings. The standard InChI is InChI=1S/C24H33FO6/c1-20(2)30-19-10-16-15-6-5-13-9-14(27)7-8-21(13,3)23(15,25)17(28)11-22(16,4)24(19,31-20)18(29)12-26/h9,15-17,19,26,28H,5-8,10-12H2,1-4H3/t15-,16-,17-,19-,21-,22-,23-,24+/m0/s1. The molecule has 0 aromatic heterocycles. The predicted octanol–water partition coefficient (Wildman–Crippen LogP) is 2.64. The SMILES string of the molecule is CC1(C)O[C@H]2C[C@H]3[C@@H]4CCC5=CC(=O)CC[C@]5(C)[C@@]4(F)[C@@H](O)C[C@]3(C)[C@]2(C(=O)CO)O1. The van der Waals surface area contributed by atoms with Gasteiger partial charge < -0.3 is 19.7 Å². The van der Waals surface area contributed by atoms with Gasteiger partial charge in [-0.15, -0.1) is 0 Å².